The Morgan fingerprint density at radius 2 is 1.73 bits per heavy atom. The van der Waals surface area contributed by atoms with Crippen molar-refractivity contribution < 1.29 is 37.6 Å². The van der Waals surface area contributed by atoms with E-state index in [1.165, 1.54) is 18.3 Å². The Kier molecular flexibility index (Phi) is 6.93. The van der Waals surface area contributed by atoms with Crippen LogP contribution in [0, 0.1) is 23.3 Å². The van der Waals surface area contributed by atoms with Crippen LogP contribution in [0.25, 0.3) is 11.3 Å². The number of aromatic nitrogens is 3. The van der Waals surface area contributed by atoms with Gasteiger partial charge in [0.15, 0.2) is 17.5 Å². The Bertz CT molecular complexity index is 1150. The number of aliphatic hydroxyl groups is 3. The van der Waals surface area contributed by atoms with Crippen molar-refractivity contribution >= 4 is 23.4 Å². The first-order valence-electron chi connectivity index (χ1n) is 9.50. The first-order valence-corrected chi connectivity index (χ1v) is 10.8. The lowest BCUT2D eigenvalue weighted by atomic mass is 9.97. The summed E-state index contributed by atoms with van der Waals surface area (Å²) in [6.45, 7) is -0.596. The summed E-state index contributed by atoms with van der Waals surface area (Å²) in [5, 5.41) is 38.7. The first-order chi connectivity index (χ1) is 15.7. The van der Waals surface area contributed by atoms with E-state index >= 15 is 0 Å². The maximum Gasteiger partial charge on any atom is 0.194 e. The summed E-state index contributed by atoms with van der Waals surface area (Å²) in [5.41, 5.74) is -1.20. The monoisotopic (exact) mass is 505 g/mol. The minimum absolute atomic E-state index is 0.0474. The molecule has 0 amide bonds. The van der Waals surface area contributed by atoms with Gasteiger partial charge in [-0.25, -0.2) is 22.2 Å². The molecule has 1 aromatic heterocycles. The summed E-state index contributed by atoms with van der Waals surface area (Å²) in [4.78, 5) is 0.453. The molecular formula is C20H16ClF4N3O4S. The molecule has 33 heavy (non-hydrogen) atoms. The Hall–Kier alpha value is -2.22. The number of hydrogen-bond acceptors (Lipinski definition) is 7. The molecule has 1 aliphatic heterocycles. The highest BCUT2D eigenvalue weighted by Crippen LogP contribution is 2.39. The summed E-state index contributed by atoms with van der Waals surface area (Å²) in [6.07, 6.45) is -2.76. The van der Waals surface area contributed by atoms with Crippen molar-refractivity contribution in [3.8, 4) is 11.3 Å². The van der Waals surface area contributed by atoms with Crippen LogP contribution in [0.1, 0.15) is 6.04 Å². The average Bonchev–Trinajstić information content (AvgIpc) is 3.26. The van der Waals surface area contributed by atoms with Crippen LogP contribution in [0.15, 0.2) is 41.4 Å². The van der Waals surface area contributed by atoms with Gasteiger partial charge in [-0.3, -0.25) is 0 Å². The Balaban J connectivity index is 1.63. The van der Waals surface area contributed by atoms with Gasteiger partial charge < -0.3 is 20.1 Å². The van der Waals surface area contributed by atoms with Gasteiger partial charge in [0.1, 0.15) is 41.3 Å². The van der Waals surface area contributed by atoms with E-state index in [1.54, 1.807) is 0 Å². The predicted octanol–water partition coefficient (Wildman–Crippen LogP) is 2.93. The lowest BCUT2D eigenvalue weighted by Crippen LogP contribution is -2.55. The summed E-state index contributed by atoms with van der Waals surface area (Å²) >= 11 is 6.77. The quantitative estimate of drug-likeness (QED) is 0.362. The van der Waals surface area contributed by atoms with Crippen molar-refractivity contribution in [1.29, 1.82) is 0 Å². The van der Waals surface area contributed by atoms with Gasteiger partial charge in [-0.15, -0.1) is 5.10 Å². The molecule has 1 fully saturated rings. The molecule has 176 valence electrons. The number of thioether (sulfide) groups is 1. The zero-order valence-corrected chi connectivity index (χ0v) is 18.0. The Labute approximate surface area is 193 Å². The molecule has 0 aliphatic carbocycles. The van der Waals surface area contributed by atoms with E-state index in [0.29, 0.717) is 4.90 Å². The van der Waals surface area contributed by atoms with Gasteiger partial charge in [-0.05, 0) is 30.3 Å². The average molecular weight is 506 g/mol. The molecule has 4 rings (SSSR count). The largest absolute Gasteiger partial charge is 0.394 e. The van der Waals surface area contributed by atoms with E-state index in [0.717, 1.165) is 34.6 Å². The van der Waals surface area contributed by atoms with Crippen molar-refractivity contribution in [2.45, 2.75) is 34.7 Å². The molecule has 7 nitrogen and oxygen atoms in total. The van der Waals surface area contributed by atoms with Gasteiger partial charge in [0.05, 0.1) is 17.8 Å². The van der Waals surface area contributed by atoms with Gasteiger partial charge in [-0.1, -0.05) is 28.6 Å². The van der Waals surface area contributed by atoms with Crippen LogP contribution in [0.5, 0.6) is 0 Å². The molecule has 0 saturated carbocycles. The summed E-state index contributed by atoms with van der Waals surface area (Å²) < 4.78 is 60.5. The highest BCUT2D eigenvalue weighted by Gasteiger charge is 2.46. The fourth-order valence-electron chi connectivity index (χ4n) is 3.42. The lowest BCUT2D eigenvalue weighted by Gasteiger charge is -2.41. The lowest BCUT2D eigenvalue weighted by molar-refractivity contribution is -0.178. The molecule has 2 heterocycles. The van der Waals surface area contributed by atoms with E-state index in [4.69, 9.17) is 16.3 Å². The Morgan fingerprint density at radius 3 is 2.36 bits per heavy atom. The van der Waals surface area contributed by atoms with E-state index in [2.05, 4.69) is 10.3 Å². The third-order valence-corrected chi connectivity index (χ3v) is 6.53. The van der Waals surface area contributed by atoms with Crippen molar-refractivity contribution in [3.63, 3.8) is 0 Å². The fourth-order valence-corrected chi connectivity index (χ4v) is 4.76. The van der Waals surface area contributed by atoms with Gasteiger partial charge >= 0.3 is 0 Å². The second-order valence-corrected chi connectivity index (χ2v) is 8.81. The van der Waals surface area contributed by atoms with E-state index < -0.39 is 59.7 Å². The van der Waals surface area contributed by atoms with Crippen LogP contribution in [-0.4, -0.2) is 60.7 Å². The van der Waals surface area contributed by atoms with Gasteiger partial charge in [-0.2, -0.15) is 0 Å². The van der Waals surface area contributed by atoms with Crippen LogP contribution in [0.4, 0.5) is 17.6 Å². The highest BCUT2D eigenvalue weighted by molar-refractivity contribution is 7.99. The molecule has 5 atom stereocenters. The fraction of sp³-hybridized carbons (Fsp3) is 0.300. The van der Waals surface area contributed by atoms with E-state index in [9.17, 15) is 32.9 Å². The van der Waals surface area contributed by atoms with Crippen molar-refractivity contribution in [3.05, 3.63) is 64.8 Å². The molecule has 2 aromatic carbocycles. The number of rotatable bonds is 5. The molecule has 1 saturated heterocycles. The first kappa shape index (κ1) is 23.9. The molecule has 1 aliphatic rings. The maximum atomic E-state index is 13.6. The minimum atomic E-state index is -1.63. The molecule has 3 aromatic rings. The summed E-state index contributed by atoms with van der Waals surface area (Å²) in [5.74, 6) is -5.09. The van der Waals surface area contributed by atoms with Crippen LogP contribution in [0.3, 0.4) is 0 Å². The molecule has 3 N–H and O–H groups in total. The minimum Gasteiger partial charge on any atom is -0.394 e. The molecule has 0 bridgehead atoms. The van der Waals surface area contributed by atoms with Crippen molar-refractivity contribution in [2.75, 3.05) is 6.61 Å². The second kappa shape index (κ2) is 9.57. The number of aliphatic hydroxyl groups excluding tert-OH is 3. The van der Waals surface area contributed by atoms with Crippen LogP contribution in [0.2, 0.25) is 5.02 Å². The second-order valence-electron chi connectivity index (χ2n) is 7.23. The maximum absolute atomic E-state index is 13.6. The number of nitrogens with zero attached hydrogens (tertiary/aromatic N) is 3. The highest BCUT2D eigenvalue weighted by atomic mass is 35.5. The molecular weight excluding hydrogens is 490 g/mol. The van der Waals surface area contributed by atoms with Gasteiger partial charge in [0, 0.05) is 10.5 Å². The SMILES string of the molecule is OCC1O[C@H](Sc2ccc(F)c(Cl)c2)[C@@H](O)C(n2cc(-c3cc(F)c(F)c(F)c3)nn2)[C@H]1O. The normalized spacial score (nSPS) is 25.4. The Morgan fingerprint density at radius 1 is 1.03 bits per heavy atom. The smallest absolute Gasteiger partial charge is 0.194 e. The summed E-state index contributed by atoms with van der Waals surface area (Å²) in [6, 6.07) is 4.17. The standard InChI is InChI=1S/C20H16ClF4N3O4S/c21-10-5-9(1-2-11(10)22)33-20-19(31)17(18(30)15(7-29)32-20)28-6-14(26-27-28)8-3-12(23)16(25)13(24)4-8/h1-6,15,17-20,29-31H,7H2/t15?,17?,18-,19-,20+/m0/s1. The van der Waals surface area contributed by atoms with Crippen LogP contribution < -0.4 is 0 Å². The van der Waals surface area contributed by atoms with Crippen molar-refractivity contribution in [1.82, 2.24) is 15.0 Å². The topological polar surface area (TPSA) is 101 Å². The number of ether oxygens (including phenoxy) is 1. The molecule has 0 spiro atoms. The zero-order chi connectivity index (χ0) is 23.9. The van der Waals surface area contributed by atoms with Gasteiger partial charge in [0.2, 0.25) is 0 Å². The molecule has 2 unspecified atom stereocenters. The van der Waals surface area contributed by atoms with Crippen LogP contribution >= 0.6 is 23.4 Å². The molecule has 13 heteroatoms. The third kappa shape index (κ3) is 4.72. The van der Waals surface area contributed by atoms with Crippen LogP contribution in [-0.2, 0) is 4.74 Å². The van der Waals surface area contributed by atoms with Gasteiger partial charge in [0.25, 0.3) is 0 Å². The number of halogens is 5. The number of hydrogen-bond donors (Lipinski definition) is 3. The van der Waals surface area contributed by atoms with E-state index in [1.807, 2.05) is 0 Å². The van der Waals surface area contributed by atoms with E-state index in [-0.39, 0.29) is 16.3 Å². The molecule has 0 radical (unpaired) electrons. The third-order valence-electron chi connectivity index (χ3n) is 5.09. The zero-order valence-electron chi connectivity index (χ0n) is 16.4. The van der Waals surface area contributed by atoms with Crippen molar-refractivity contribution in [2.24, 2.45) is 0 Å². The predicted molar refractivity (Wildman–Crippen MR) is 109 cm³/mol. The summed E-state index contributed by atoms with van der Waals surface area (Å²) in [7, 11) is 0. The number of benzene rings is 2.